The number of aliphatic hydroxyl groups excluding tert-OH is 1. The van der Waals surface area contributed by atoms with E-state index in [2.05, 4.69) is 4.98 Å². The van der Waals surface area contributed by atoms with E-state index < -0.39 is 23.5 Å². The number of fused-ring (bicyclic) bond motifs is 1. The van der Waals surface area contributed by atoms with Crippen LogP contribution in [0.3, 0.4) is 0 Å². The predicted octanol–water partition coefficient (Wildman–Crippen LogP) is 3.31. The van der Waals surface area contributed by atoms with Crippen molar-refractivity contribution in [2.24, 2.45) is 0 Å². The molecular formula is C25H22FN3O5. The fourth-order valence-corrected chi connectivity index (χ4v) is 4.29. The molecule has 1 aromatic heterocycles. The molecule has 9 heteroatoms. The molecule has 0 saturated carbocycles. The number of aromatic nitrogens is 2. The first-order chi connectivity index (χ1) is 16.5. The van der Waals surface area contributed by atoms with Crippen molar-refractivity contribution >= 4 is 17.4 Å². The van der Waals surface area contributed by atoms with Crippen molar-refractivity contribution in [2.75, 3.05) is 19.8 Å². The van der Waals surface area contributed by atoms with E-state index in [1.54, 1.807) is 30.7 Å². The van der Waals surface area contributed by atoms with E-state index in [9.17, 15) is 19.1 Å². The molecule has 8 nitrogen and oxygen atoms in total. The van der Waals surface area contributed by atoms with Gasteiger partial charge in [0.25, 0.3) is 11.7 Å². The molecule has 174 valence electrons. The minimum atomic E-state index is -0.850. The molecule has 1 amide bonds. The summed E-state index contributed by atoms with van der Waals surface area (Å²) in [6.07, 6.45) is 5.71. The molecule has 0 aliphatic carbocycles. The Morgan fingerprint density at radius 2 is 1.82 bits per heavy atom. The van der Waals surface area contributed by atoms with Crippen molar-refractivity contribution in [3.63, 3.8) is 0 Å². The summed E-state index contributed by atoms with van der Waals surface area (Å²) < 4.78 is 26.6. The quantitative estimate of drug-likeness (QED) is 0.343. The van der Waals surface area contributed by atoms with E-state index in [-0.39, 0.29) is 17.9 Å². The maximum Gasteiger partial charge on any atom is 0.295 e. The number of amides is 1. The lowest BCUT2D eigenvalue weighted by Gasteiger charge is -2.25. The number of nitrogens with zero attached hydrogens (tertiary/aromatic N) is 3. The van der Waals surface area contributed by atoms with Crippen LogP contribution in [0.25, 0.3) is 5.76 Å². The lowest BCUT2D eigenvalue weighted by molar-refractivity contribution is -0.139. The van der Waals surface area contributed by atoms with Crippen LogP contribution < -0.4 is 9.47 Å². The number of imidazole rings is 1. The Hall–Kier alpha value is -4.14. The summed E-state index contributed by atoms with van der Waals surface area (Å²) in [5.74, 6) is -1.26. The van der Waals surface area contributed by atoms with Gasteiger partial charge in [0.15, 0.2) is 11.5 Å². The second-order valence-electron chi connectivity index (χ2n) is 8.06. The minimum Gasteiger partial charge on any atom is -0.507 e. The number of ketones is 1. The molecule has 1 saturated heterocycles. The number of carbonyl (C=O) groups is 2. The van der Waals surface area contributed by atoms with Crippen LogP contribution in [0.5, 0.6) is 11.5 Å². The van der Waals surface area contributed by atoms with Gasteiger partial charge in [0, 0.05) is 31.0 Å². The van der Waals surface area contributed by atoms with Crippen LogP contribution in [0.1, 0.15) is 23.6 Å². The molecule has 3 heterocycles. The summed E-state index contributed by atoms with van der Waals surface area (Å²) >= 11 is 0. The average Bonchev–Trinajstić information content (AvgIpc) is 3.46. The van der Waals surface area contributed by atoms with Gasteiger partial charge in [-0.25, -0.2) is 9.37 Å². The number of benzene rings is 2. The molecule has 0 bridgehead atoms. The van der Waals surface area contributed by atoms with Crippen LogP contribution in [-0.4, -0.2) is 51.0 Å². The zero-order valence-corrected chi connectivity index (χ0v) is 18.2. The zero-order chi connectivity index (χ0) is 23.7. The molecular weight excluding hydrogens is 441 g/mol. The van der Waals surface area contributed by atoms with Gasteiger partial charge in [0.05, 0.1) is 17.9 Å². The number of aryl methyl sites for hydroxylation is 1. The summed E-state index contributed by atoms with van der Waals surface area (Å²) in [7, 11) is 0. The molecule has 34 heavy (non-hydrogen) atoms. The normalized spacial score (nSPS) is 19.0. The van der Waals surface area contributed by atoms with Gasteiger partial charge in [0.2, 0.25) is 0 Å². The maximum absolute atomic E-state index is 13.6. The largest absolute Gasteiger partial charge is 0.507 e. The Labute approximate surface area is 194 Å². The standard InChI is InChI=1S/C25H22FN3O5/c26-18-5-2-16(3-6-18)22-21(23(30)17-4-7-19-20(14-17)34-13-12-33-19)24(31)25(32)29(22)10-1-9-28-11-8-27-15-28/h2-8,11,14-15,22,30H,1,9-10,12-13H2. The van der Waals surface area contributed by atoms with Gasteiger partial charge >= 0.3 is 0 Å². The Bertz CT molecular complexity index is 1250. The number of carbonyl (C=O) groups excluding carboxylic acids is 2. The highest BCUT2D eigenvalue weighted by Gasteiger charge is 2.45. The first-order valence-corrected chi connectivity index (χ1v) is 10.9. The Morgan fingerprint density at radius 3 is 2.56 bits per heavy atom. The first kappa shape index (κ1) is 21.7. The van der Waals surface area contributed by atoms with Gasteiger partial charge in [-0.3, -0.25) is 9.59 Å². The Balaban J connectivity index is 1.53. The molecule has 1 N–H and O–H groups in total. The van der Waals surface area contributed by atoms with E-state index in [0.29, 0.717) is 48.8 Å². The van der Waals surface area contributed by atoms with Gasteiger partial charge < -0.3 is 24.0 Å². The van der Waals surface area contributed by atoms with Crippen molar-refractivity contribution in [1.29, 1.82) is 0 Å². The number of Topliss-reactive ketones (excluding diaryl/α,β-unsaturated/α-hetero) is 1. The highest BCUT2D eigenvalue weighted by Crippen LogP contribution is 2.41. The summed E-state index contributed by atoms with van der Waals surface area (Å²) in [5, 5.41) is 11.2. The number of hydrogen-bond donors (Lipinski definition) is 1. The molecule has 0 spiro atoms. The molecule has 2 aliphatic heterocycles. The molecule has 2 aromatic carbocycles. The summed E-state index contributed by atoms with van der Waals surface area (Å²) in [4.78, 5) is 31.6. The molecule has 0 radical (unpaired) electrons. The topological polar surface area (TPSA) is 93.9 Å². The van der Waals surface area contributed by atoms with Crippen LogP contribution in [0.2, 0.25) is 0 Å². The van der Waals surface area contributed by atoms with E-state index in [4.69, 9.17) is 9.47 Å². The Morgan fingerprint density at radius 1 is 1.06 bits per heavy atom. The zero-order valence-electron chi connectivity index (χ0n) is 18.2. The average molecular weight is 463 g/mol. The number of rotatable bonds is 6. The number of aliphatic hydroxyl groups is 1. The molecule has 5 rings (SSSR count). The van der Waals surface area contributed by atoms with E-state index in [0.717, 1.165) is 0 Å². The van der Waals surface area contributed by atoms with Crippen molar-refractivity contribution in [3.05, 3.63) is 83.7 Å². The smallest absolute Gasteiger partial charge is 0.295 e. The van der Waals surface area contributed by atoms with E-state index >= 15 is 0 Å². The highest BCUT2D eigenvalue weighted by molar-refractivity contribution is 6.46. The van der Waals surface area contributed by atoms with E-state index in [1.807, 2.05) is 10.8 Å². The van der Waals surface area contributed by atoms with Crippen molar-refractivity contribution in [1.82, 2.24) is 14.5 Å². The second-order valence-corrected chi connectivity index (χ2v) is 8.06. The fraction of sp³-hybridized carbons (Fsp3) is 0.240. The first-order valence-electron chi connectivity index (χ1n) is 10.9. The van der Waals surface area contributed by atoms with Crippen LogP contribution in [0.15, 0.2) is 66.8 Å². The monoisotopic (exact) mass is 463 g/mol. The summed E-state index contributed by atoms with van der Waals surface area (Å²) in [5.41, 5.74) is 0.811. The van der Waals surface area contributed by atoms with Crippen LogP contribution in [0, 0.1) is 5.82 Å². The fourth-order valence-electron chi connectivity index (χ4n) is 4.29. The molecule has 3 aromatic rings. The maximum atomic E-state index is 13.6. The van der Waals surface area contributed by atoms with Crippen LogP contribution in [-0.2, 0) is 16.1 Å². The molecule has 1 unspecified atom stereocenters. The summed E-state index contributed by atoms with van der Waals surface area (Å²) in [6.45, 7) is 1.66. The van der Waals surface area contributed by atoms with Gasteiger partial charge in [-0.05, 0) is 42.3 Å². The second kappa shape index (κ2) is 9.01. The van der Waals surface area contributed by atoms with E-state index in [1.165, 1.54) is 29.2 Å². The van der Waals surface area contributed by atoms with Crippen molar-refractivity contribution in [2.45, 2.75) is 19.0 Å². The lowest BCUT2D eigenvalue weighted by atomic mass is 9.95. The predicted molar refractivity (Wildman–Crippen MR) is 120 cm³/mol. The SMILES string of the molecule is O=C1C(=O)N(CCCn2ccnc2)C(c2ccc(F)cc2)C1=C(O)c1ccc2c(c1)OCCO2. The molecule has 1 atom stereocenters. The minimum absolute atomic E-state index is 0.0454. The van der Waals surface area contributed by atoms with Crippen molar-refractivity contribution < 1.29 is 28.6 Å². The number of likely N-dealkylation sites (tertiary alicyclic amines) is 1. The number of halogens is 1. The van der Waals surface area contributed by atoms with Gasteiger partial charge in [-0.15, -0.1) is 0 Å². The van der Waals surface area contributed by atoms with Gasteiger partial charge in [-0.1, -0.05) is 12.1 Å². The molecule has 1 fully saturated rings. The third kappa shape index (κ3) is 4.00. The highest BCUT2D eigenvalue weighted by atomic mass is 19.1. The van der Waals surface area contributed by atoms with Gasteiger partial charge in [0.1, 0.15) is 24.8 Å². The number of hydrogen-bond acceptors (Lipinski definition) is 6. The van der Waals surface area contributed by atoms with Crippen molar-refractivity contribution in [3.8, 4) is 11.5 Å². The lowest BCUT2D eigenvalue weighted by Crippen LogP contribution is -2.31. The van der Waals surface area contributed by atoms with Crippen LogP contribution >= 0.6 is 0 Å². The van der Waals surface area contributed by atoms with Crippen LogP contribution in [0.4, 0.5) is 4.39 Å². The molecule has 2 aliphatic rings. The summed E-state index contributed by atoms with van der Waals surface area (Å²) in [6, 6.07) is 9.57. The van der Waals surface area contributed by atoms with Gasteiger partial charge in [-0.2, -0.15) is 0 Å². The third-order valence-corrected chi connectivity index (χ3v) is 5.92. The third-order valence-electron chi connectivity index (χ3n) is 5.92. The number of ether oxygens (including phenoxy) is 2. The Kier molecular flexibility index (Phi) is 5.75.